The number of piperazine rings is 1. The van der Waals surface area contributed by atoms with Gasteiger partial charge in [-0.15, -0.1) is 10.2 Å². The smallest absolute Gasteiger partial charge is 0.223 e. The van der Waals surface area contributed by atoms with Crippen LogP contribution in [-0.4, -0.2) is 53.0 Å². The maximum Gasteiger partial charge on any atom is 0.223 e. The second-order valence-corrected chi connectivity index (χ2v) is 7.85. The molecule has 0 atom stereocenters. The second kappa shape index (κ2) is 7.95. The largest absolute Gasteiger partial charge is 0.343 e. The number of ketones is 1. The van der Waals surface area contributed by atoms with Crippen molar-refractivity contribution in [3.63, 3.8) is 0 Å². The predicted octanol–water partition coefficient (Wildman–Crippen LogP) is 2.78. The number of aryl methyl sites for hydroxylation is 3. The average Bonchev–Trinajstić information content (AvgIpc) is 3.08. The summed E-state index contributed by atoms with van der Waals surface area (Å²) in [5.41, 5.74) is 2.96. The van der Waals surface area contributed by atoms with Gasteiger partial charge >= 0.3 is 0 Å². The highest BCUT2D eigenvalue weighted by molar-refractivity contribution is 7.15. The van der Waals surface area contributed by atoms with E-state index in [1.807, 2.05) is 43.9 Å². The molecule has 0 bridgehead atoms. The van der Waals surface area contributed by atoms with Crippen LogP contribution in [0.1, 0.15) is 39.3 Å². The highest BCUT2D eigenvalue weighted by Crippen LogP contribution is 2.21. The molecule has 7 heteroatoms. The van der Waals surface area contributed by atoms with E-state index in [-0.39, 0.29) is 24.5 Å². The number of Topliss-reactive ketones (excluding diaryl/α,β-unsaturated/α-hetero) is 1. The topological polar surface area (TPSA) is 66.4 Å². The van der Waals surface area contributed by atoms with E-state index in [1.54, 1.807) is 11.3 Å². The molecular formula is C19H24N4O2S. The van der Waals surface area contributed by atoms with Gasteiger partial charge < -0.3 is 9.80 Å². The molecule has 0 saturated carbocycles. The quantitative estimate of drug-likeness (QED) is 0.755. The minimum Gasteiger partial charge on any atom is -0.343 e. The Labute approximate surface area is 157 Å². The monoisotopic (exact) mass is 372 g/mol. The molecule has 26 heavy (non-hydrogen) atoms. The third kappa shape index (κ3) is 4.27. The third-order valence-corrected chi connectivity index (χ3v) is 5.71. The lowest BCUT2D eigenvalue weighted by Gasteiger charge is -2.34. The summed E-state index contributed by atoms with van der Waals surface area (Å²) in [7, 11) is 0. The fourth-order valence-corrected chi connectivity index (χ4v) is 3.74. The van der Waals surface area contributed by atoms with Gasteiger partial charge in [-0.05, 0) is 38.0 Å². The molecule has 2 heterocycles. The van der Waals surface area contributed by atoms with Crippen molar-refractivity contribution in [1.82, 2.24) is 15.1 Å². The van der Waals surface area contributed by atoms with Gasteiger partial charge in [0.05, 0.1) is 0 Å². The molecule has 1 amide bonds. The summed E-state index contributed by atoms with van der Waals surface area (Å²) in [5.74, 6) is 0.0831. The fourth-order valence-electron chi connectivity index (χ4n) is 3.00. The zero-order chi connectivity index (χ0) is 18.7. The highest BCUT2D eigenvalue weighted by atomic mass is 32.1. The summed E-state index contributed by atoms with van der Waals surface area (Å²) in [6.07, 6.45) is 0.529. The van der Waals surface area contributed by atoms with Crippen molar-refractivity contribution < 1.29 is 9.59 Å². The van der Waals surface area contributed by atoms with Crippen molar-refractivity contribution in [3.8, 4) is 0 Å². The number of hydrogen-bond donors (Lipinski definition) is 0. The average molecular weight is 372 g/mol. The van der Waals surface area contributed by atoms with E-state index in [9.17, 15) is 9.59 Å². The van der Waals surface area contributed by atoms with Crippen molar-refractivity contribution in [1.29, 1.82) is 0 Å². The number of benzene rings is 1. The molecule has 0 radical (unpaired) electrons. The molecule has 1 aliphatic heterocycles. The predicted molar refractivity (Wildman–Crippen MR) is 103 cm³/mol. The number of nitrogens with zero attached hydrogens (tertiary/aromatic N) is 4. The summed E-state index contributed by atoms with van der Waals surface area (Å²) < 4.78 is 0. The van der Waals surface area contributed by atoms with Crippen LogP contribution >= 0.6 is 11.3 Å². The van der Waals surface area contributed by atoms with Gasteiger partial charge in [0.15, 0.2) is 5.78 Å². The molecule has 3 rings (SSSR count). The minimum atomic E-state index is 0.0319. The first-order valence-electron chi connectivity index (χ1n) is 8.87. The number of anilines is 1. The highest BCUT2D eigenvalue weighted by Gasteiger charge is 2.23. The number of carbonyl (C=O) groups excluding carboxylic acids is 2. The molecule has 138 valence electrons. The van der Waals surface area contributed by atoms with Gasteiger partial charge in [-0.2, -0.15) is 0 Å². The SMILES string of the molecule is Cc1nnc(N2CCN(C(=O)CCC(=O)c3ccc(C)c(C)c3)CC2)s1. The minimum absolute atomic E-state index is 0.0319. The number of aromatic nitrogens is 2. The molecule has 2 aromatic rings. The van der Waals surface area contributed by atoms with Gasteiger partial charge in [-0.3, -0.25) is 9.59 Å². The standard InChI is InChI=1S/C19H24N4O2S/c1-13-4-5-16(12-14(13)2)17(24)6-7-18(25)22-8-10-23(11-9-22)19-21-20-15(3)26-19/h4-5,12H,6-11H2,1-3H3. The van der Waals surface area contributed by atoms with Gasteiger partial charge in [0, 0.05) is 44.6 Å². The van der Waals surface area contributed by atoms with Crippen LogP contribution in [0.15, 0.2) is 18.2 Å². The first-order chi connectivity index (χ1) is 12.4. The number of rotatable bonds is 5. The lowest BCUT2D eigenvalue weighted by molar-refractivity contribution is -0.131. The summed E-state index contributed by atoms with van der Waals surface area (Å²) in [5, 5.41) is 10.1. The zero-order valence-corrected chi connectivity index (χ0v) is 16.3. The van der Waals surface area contributed by atoms with E-state index in [0.717, 1.165) is 28.8 Å². The Morgan fingerprint density at radius 2 is 1.73 bits per heavy atom. The first-order valence-corrected chi connectivity index (χ1v) is 9.69. The molecule has 1 aromatic heterocycles. The van der Waals surface area contributed by atoms with Gasteiger partial charge in [0.2, 0.25) is 11.0 Å². The van der Waals surface area contributed by atoms with Gasteiger partial charge in [-0.25, -0.2) is 0 Å². The van der Waals surface area contributed by atoms with Crippen molar-refractivity contribution >= 4 is 28.2 Å². The van der Waals surface area contributed by atoms with E-state index >= 15 is 0 Å². The molecule has 0 spiro atoms. The van der Waals surface area contributed by atoms with Crippen LogP contribution in [0, 0.1) is 20.8 Å². The van der Waals surface area contributed by atoms with Crippen LogP contribution < -0.4 is 4.90 Å². The second-order valence-electron chi connectivity index (χ2n) is 6.69. The maximum atomic E-state index is 12.4. The van der Waals surface area contributed by atoms with Crippen LogP contribution in [0.2, 0.25) is 0 Å². The van der Waals surface area contributed by atoms with Crippen molar-refractivity contribution in [2.45, 2.75) is 33.6 Å². The Kier molecular flexibility index (Phi) is 5.66. The van der Waals surface area contributed by atoms with Gasteiger partial charge in [0.25, 0.3) is 0 Å². The van der Waals surface area contributed by atoms with E-state index in [4.69, 9.17) is 0 Å². The molecule has 1 saturated heterocycles. The van der Waals surface area contributed by atoms with Crippen LogP contribution in [0.4, 0.5) is 5.13 Å². The van der Waals surface area contributed by atoms with Gasteiger partial charge in [0.1, 0.15) is 5.01 Å². The Hall–Kier alpha value is -2.28. The Morgan fingerprint density at radius 3 is 2.35 bits per heavy atom. The van der Waals surface area contributed by atoms with Crippen LogP contribution in [0.25, 0.3) is 0 Å². The Morgan fingerprint density at radius 1 is 1.00 bits per heavy atom. The van der Waals surface area contributed by atoms with E-state index in [0.29, 0.717) is 18.7 Å². The summed E-state index contributed by atoms with van der Waals surface area (Å²) in [6, 6.07) is 5.71. The molecule has 1 aliphatic rings. The summed E-state index contributed by atoms with van der Waals surface area (Å²) in [4.78, 5) is 28.8. The van der Waals surface area contributed by atoms with Gasteiger partial charge in [-0.1, -0.05) is 23.5 Å². The summed E-state index contributed by atoms with van der Waals surface area (Å²) in [6.45, 7) is 8.79. The molecular weight excluding hydrogens is 348 g/mol. The third-order valence-electron chi connectivity index (χ3n) is 4.81. The van der Waals surface area contributed by atoms with Crippen molar-refractivity contribution in [3.05, 3.63) is 39.9 Å². The fraction of sp³-hybridized carbons (Fsp3) is 0.474. The first kappa shape index (κ1) is 18.5. The van der Waals surface area contributed by atoms with E-state index in [1.165, 1.54) is 5.56 Å². The summed E-state index contributed by atoms with van der Waals surface area (Å²) >= 11 is 1.57. The number of carbonyl (C=O) groups is 2. The lowest BCUT2D eigenvalue weighted by Crippen LogP contribution is -2.48. The number of hydrogen-bond acceptors (Lipinski definition) is 6. The Balaban J connectivity index is 1.48. The molecule has 0 aliphatic carbocycles. The Bertz CT molecular complexity index is 810. The number of amides is 1. The molecule has 1 aromatic carbocycles. The molecule has 0 unspecified atom stereocenters. The van der Waals surface area contributed by atoms with Crippen LogP contribution in [0.3, 0.4) is 0 Å². The van der Waals surface area contributed by atoms with E-state index < -0.39 is 0 Å². The van der Waals surface area contributed by atoms with Crippen molar-refractivity contribution in [2.24, 2.45) is 0 Å². The molecule has 1 fully saturated rings. The maximum absolute atomic E-state index is 12.4. The van der Waals surface area contributed by atoms with Crippen molar-refractivity contribution in [2.75, 3.05) is 31.1 Å². The normalized spacial score (nSPS) is 14.6. The zero-order valence-electron chi connectivity index (χ0n) is 15.5. The van der Waals surface area contributed by atoms with E-state index in [2.05, 4.69) is 15.1 Å². The molecule has 6 nitrogen and oxygen atoms in total. The lowest BCUT2D eigenvalue weighted by atomic mass is 10.0. The molecule has 0 N–H and O–H groups in total. The van der Waals surface area contributed by atoms with Crippen LogP contribution in [0.5, 0.6) is 0 Å². The van der Waals surface area contributed by atoms with Crippen LogP contribution in [-0.2, 0) is 4.79 Å².